The Hall–Kier alpha value is -3.73. The molecule has 0 aliphatic carbocycles. The Morgan fingerprint density at radius 1 is 0.821 bits per heavy atom. The molecule has 136 valence electrons. The van der Waals surface area contributed by atoms with E-state index in [4.69, 9.17) is 0 Å². The van der Waals surface area contributed by atoms with Crippen molar-refractivity contribution in [1.82, 2.24) is 9.13 Å². The van der Waals surface area contributed by atoms with Crippen molar-refractivity contribution in [2.24, 2.45) is 14.1 Å². The van der Waals surface area contributed by atoms with Gasteiger partial charge in [-0.1, -0.05) is 48.5 Å². The first-order chi connectivity index (χ1) is 13.6. The van der Waals surface area contributed by atoms with Crippen molar-refractivity contribution in [2.45, 2.75) is 0 Å². The monoisotopic (exact) mass is 368 g/mol. The molecule has 5 rings (SSSR count). The molecule has 0 saturated carbocycles. The van der Waals surface area contributed by atoms with Crippen molar-refractivity contribution in [3.8, 4) is 5.69 Å². The summed E-state index contributed by atoms with van der Waals surface area (Å²) >= 11 is 0. The maximum atomic E-state index is 13.1. The first-order valence-electron chi connectivity index (χ1n) is 9.09. The molecule has 0 N–H and O–H groups in total. The number of fused-ring (bicyclic) bond motifs is 4. The second-order valence-corrected chi connectivity index (χ2v) is 6.98. The molecular formula is C23H18N3O2+. The van der Waals surface area contributed by atoms with E-state index in [1.807, 2.05) is 59.2 Å². The van der Waals surface area contributed by atoms with Crippen LogP contribution in [0.3, 0.4) is 0 Å². The smallest absolute Gasteiger partial charge is 0.250 e. The van der Waals surface area contributed by atoms with Gasteiger partial charge in [0, 0.05) is 5.39 Å². The van der Waals surface area contributed by atoms with Gasteiger partial charge in [-0.15, -0.1) is 0 Å². The molecule has 0 aliphatic heterocycles. The molecule has 0 amide bonds. The van der Waals surface area contributed by atoms with Crippen LogP contribution in [0.4, 0.5) is 0 Å². The number of hydrogen-bond acceptors (Lipinski definition) is 2. The topological polar surface area (TPSA) is 47.9 Å². The Morgan fingerprint density at radius 3 is 2.25 bits per heavy atom. The van der Waals surface area contributed by atoms with Gasteiger partial charge in [0.05, 0.1) is 14.1 Å². The normalized spacial score (nSPS) is 11.5. The summed E-state index contributed by atoms with van der Waals surface area (Å²) in [6.45, 7) is 0. The van der Waals surface area contributed by atoms with Crippen LogP contribution < -0.4 is 15.8 Å². The van der Waals surface area contributed by atoms with E-state index in [9.17, 15) is 9.59 Å². The summed E-state index contributed by atoms with van der Waals surface area (Å²) in [4.78, 5) is 25.7. The van der Waals surface area contributed by atoms with E-state index in [0.717, 1.165) is 27.4 Å². The fraction of sp³-hybridized carbons (Fsp3) is 0.0870. The first kappa shape index (κ1) is 16.4. The highest BCUT2D eigenvalue weighted by Crippen LogP contribution is 2.29. The SMILES string of the molecule is Cn1c(=O)c2c3ccc4ccccc4cc3n(-c3ccccc3)c2[n+](C)c1=O. The van der Waals surface area contributed by atoms with Crippen LogP contribution in [0.5, 0.6) is 0 Å². The third kappa shape index (κ3) is 2.16. The van der Waals surface area contributed by atoms with Crippen LogP contribution in [0.25, 0.3) is 38.4 Å². The number of aromatic nitrogens is 3. The summed E-state index contributed by atoms with van der Waals surface area (Å²) in [5.74, 6) is 0. The van der Waals surface area contributed by atoms with E-state index in [0.29, 0.717) is 11.0 Å². The molecule has 2 heterocycles. The van der Waals surface area contributed by atoms with Gasteiger partial charge in [0.2, 0.25) is 0 Å². The molecule has 0 unspecified atom stereocenters. The largest absolute Gasteiger partial charge is 0.445 e. The van der Waals surface area contributed by atoms with Crippen LogP contribution in [0.15, 0.2) is 82.4 Å². The fourth-order valence-corrected chi connectivity index (χ4v) is 3.96. The first-order valence-corrected chi connectivity index (χ1v) is 9.09. The molecule has 5 heteroatoms. The lowest BCUT2D eigenvalue weighted by atomic mass is 10.2. The van der Waals surface area contributed by atoms with Gasteiger partial charge in [0.25, 0.3) is 5.65 Å². The fourth-order valence-electron chi connectivity index (χ4n) is 3.96. The zero-order chi connectivity index (χ0) is 19.4. The van der Waals surface area contributed by atoms with E-state index in [1.54, 1.807) is 11.6 Å². The number of aryl methyl sites for hydroxylation is 1. The summed E-state index contributed by atoms with van der Waals surface area (Å²) in [6.07, 6.45) is 0. The van der Waals surface area contributed by atoms with Gasteiger partial charge in [0.1, 0.15) is 16.6 Å². The highest BCUT2D eigenvalue weighted by Gasteiger charge is 2.25. The number of benzene rings is 2. The standard InChI is InChI=1S/C23H18N3O2/c1-24-21-20(22(27)25(2)23(24)28)18-13-12-15-8-6-7-9-16(15)14-19(18)26(21)17-10-4-3-5-11-17/h3-14H,1-2H3/q+1. The van der Waals surface area contributed by atoms with E-state index >= 15 is 0 Å². The summed E-state index contributed by atoms with van der Waals surface area (Å²) < 4.78 is 4.72. The molecule has 0 atom stereocenters. The minimum Gasteiger partial charge on any atom is -0.250 e. The maximum Gasteiger partial charge on any atom is 0.445 e. The van der Waals surface area contributed by atoms with Crippen molar-refractivity contribution in [3.05, 3.63) is 93.6 Å². The van der Waals surface area contributed by atoms with E-state index < -0.39 is 0 Å². The molecule has 5 nitrogen and oxygen atoms in total. The van der Waals surface area contributed by atoms with Gasteiger partial charge in [-0.05, 0) is 35.0 Å². The zero-order valence-electron chi connectivity index (χ0n) is 15.6. The number of para-hydroxylation sites is 1. The maximum absolute atomic E-state index is 13.1. The molecule has 3 aromatic carbocycles. The molecular weight excluding hydrogens is 350 g/mol. The molecule has 0 saturated heterocycles. The van der Waals surface area contributed by atoms with Crippen LogP contribution >= 0.6 is 0 Å². The van der Waals surface area contributed by atoms with Gasteiger partial charge in [0.15, 0.2) is 0 Å². The summed E-state index contributed by atoms with van der Waals surface area (Å²) in [5.41, 5.74) is 1.77. The average molecular weight is 368 g/mol. The Bertz CT molecular complexity index is 1510. The van der Waals surface area contributed by atoms with Crippen molar-refractivity contribution in [1.29, 1.82) is 0 Å². The summed E-state index contributed by atoms with van der Waals surface area (Å²) in [6, 6.07) is 24.0. The minimum atomic E-state index is -0.341. The Balaban J connectivity index is 2.16. The average Bonchev–Trinajstić information content (AvgIpc) is 2.92. The lowest BCUT2D eigenvalue weighted by molar-refractivity contribution is -0.667. The third-order valence-corrected chi connectivity index (χ3v) is 5.36. The number of rotatable bonds is 1. The van der Waals surface area contributed by atoms with E-state index in [-0.39, 0.29) is 11.2 Å². The molecule has 0 aliphatic rings. The highest BCUT2D eigenvalue weighted by molar-refractivity contribution is 6.08. The summed E-state index contributed by atoms with van der Waals surface area (Å²) in [5, 5.41) is 3.53. The van der Waals surface area contributed by atoms with Gasteiger partial charge in [-0.3, -0.25) is 0 Å². The zero-order valence-corrected chi connectivity index (χ0v) is 15.6. The second kappa shape index (κ2) is 5.89. The van der Waals surface area contributed by atoms with Crippen LogP contribution in [-0.2, 0) is 14.1 Å². The Morgan fingerprint density at radius 2 is 1.50 bits per heavy atom. The summed E-state index contributed by atoms with van der Waals surface area (Å²) in [7, 11) is 3.23. The molecule has 0 bridgehead atoms. The number of nitrogens with zero attached hydrogens (tertiary/aromatic N) is 3. The predicted octanol–water partition coefficient (Wildman–Crippen LogP) is 2.82. The lowest BCUT2D eigenvalue weighted by Crippen LogP contribution is -2.55. The minimum absolute atomic E-state index is 0.284. The molecule has 0 fully saturated rings. The quantitative estimate of drug-likeness (QED) is 0.427. The highest BCUT2D eigenvalue weighted by atomic mass is 16.2. The van der Waals surface area contributed by atoms with Gasteiger partial charge < -0.3 is 0 Å². The van der Waals surface area contributed by atoms with Crippen molar-refractivity contribution >= 4 is 32.7 Å². The van der Waals surface area contributed by atoms with E-state index in [1.165, 1.54) is 11.6 Å². The van der Waals surface area contributed by atoms with Crippen molar-refractivity contribution < 1.29 is 4.57 Å². The van der Waals surface area contributed by atoms with Crippen LogP contribution in [-0.4, -0.2) is 9.13 Å². The molecule has 5 aromatic rings. The molecule has 28 heavy (non-hydrogen) atoms. The molecule has 2 aromatic heterocycles. The van der Waals surface area contributed by atoms with Gasteiger partial charge in [-0.2, -0.15) is 9.13 Å². The van der Waals surface area contributed by atoms with E-state index in [2.05, 4.69) is 18.2 Å². The van der Waals surface area contributed by atoms with Crippen LogP contribution in [0, 0.1) is 0 Å². The Labute approximate surface area is 160 Å². The second-order valence-electron chi connectivity index (χ2n) is 6.98. The van der Waals surface area contributed by atoms with Crippen molar-refractivity contribution in [2.75, 3.05) is 0 Å². The van der Waals surface area contributed by atoms with Crippen LogP contribution in [0.2, 0.25) is 0 Å². The number of hydrogen-bond donors (Lipinski definition) is 0. The molecule has 0 radical (unpaired) electrons. The van der Waals surface area contributed by atoms with Crippen LogP contribution in [0.1, 0.15) is 0 Å². The third-order valence-electron chi connectivity index (χ3n) is 5.36. The Kier molecular flexibility index (Phi) is 3.46. The van der Waals surface area contributed by atoms with Gasteiger partial charge >= 0.3 is 11.2 Å². The van der Waals surface area contributed by atoms with Gasteiger partial charge in [-0.25, -0.2) is 14.2 Å². The van der Waals surface area contributed by atoms with Crippen molar-refractivity contribution in [3.63, 3.8) is 0 Å². The molecule has 0 spiro atoms. The lowest BCUT2D eigenvalue weighted by Gasteiger charge is -2.04. The predicted molar refractivity (Wildman–Crippen MR) is 111 cm³/mol.